The van der Waals surface area contributed by atoms with Crippen LogP contribution in [0.5, 0.6) is 0 Å². The van der Waals surface area contributed by atoms with Gasteiger partial charge in [0.05, 0.1) is 5.56 Å². The van der Waals surface area contributed by atoms with Crippen molar-refractivity contribution in [2.24, 2.45) is 0 Å². The summed E-state index contributed by atoms with van der Waals surface area (Å²) in [4.78, 5) is 35.8. The minimum absolute atomic E-state index is 0.00173. The molecule has 0 saturated carbocycles. The van der Waals surface area contributed by atoms with Crippen LogP contribution in [-0.4, -0.2) is 68.4 Å². The van der Waals surface area contributed by atoms with E-state index in [0.29, 0.717) is 31.4 Å². The fraction of sp³-hybridized carbons (Fsp3) is 0.500. The number of allylic oxidation sites excluding steroid dienone is 6. The van der Waals surface area contributed by atoms with E-state index in [4.69, 9.17) is 0 Å². The monoisotopic (exact) mass is 687 g/mol. The van der Waals surface area contributed by atoms with Crippen LogP contribution in [0.2, 0.25) is 0 Å². The number of amides is 1. The summed E-state index contributed by atoms with van der Waals surface area (Å²) in [5.41, 5.74) is 2.35. The minimum atomic E-state index is -4.38. The topological polar surface area (TPSA) is 71.3 Å². The number of hydrogen-bond acceptors (Lipinski definition) is 6. The number of carbonyl (C=O) groups is 1. The maximum atomic E-state index is 14.5. The van der Waals surface area contributed by atoms with Gasteiger partial charge in [-0.15, -0.1) is 0 Å². The van der Waals surface area contributed by atoms with Crippen molar-refractivity contribution in [1.82, 2.24) is 24.6 Å². The second kappa shape index (κ2) is 16.7. The maximum absolute atomic E-state index is 14.5. The van der Waals surface area contributed by atoms with Crippen molar-refractivity contribution in [2.75, 3.05) is 31.9 Å². The van der Waals surface area contributed by atoms with Crippen molar-refractivity contribution in [3.8, 4) is 0 Å². The second-order valence-electron chi connectivity index (χ2n) is 12.3. The quantitative estimate of drug-likeness (QED) is 0.129. The van der Waals surface area contributed by atoms with Crippen LogP contribution in [0.1, 0.15) is 83.2 Å². The molecule has 12 heteroatoms. The predicted molar refractivity (Wildman–Crippen MR) is 183 cm³/mol. The number of thioether (sulfide) groups is 1. The summed E-state index contributed by atoms with van der Waals surface area (Å²) in [6.45, 7) is 12.2. The van der Waals surface area contributed by atoms with Crippen molar-refractivity contribution >= 4 is 23.2 Å². The molecule has 1 atom stereocenters. The van der Waals surface area contributed by atoms with Crippen LogP contribution in [0.25, 0.3) is 5.57 Å². The number of benzene rings is 1. The highest BCUT2D eigenvalue weighted by Crippen LogP contribution is 2.33. The molecule has 1 amide bonds. The number of rotatable bonds is 12. The number of carbonyl (C=O) groups excluding carboxylic acids is 1. The first kappa shape index (κ1) is 37.3. The fourth-order valence-corrected chi connectivity index (χ4v) is 6.91. The molecule has 0 N–H and O–H groups in total. The van der Waals surface area contributed by atoms with Gasteiger partial charge in [0.25, 0.3) is 5.56 Å². The van der Waals surface area contributed by atoms with Crippen molar-refractivity contribution in [1.29, 1.82) is 0 Å². The number of likely N-dealkylation sites (tertiary alicyclic amines) is 1. The van der Waals surface area contributed by atoms with Gasteiger partial charge in [-0.05, 0) is 94.3 Å². The SMILES string of the molecule is C/C=C\C(F)=C(/C)CSc1nc(=O)c(CC)nn1C(C)C(=O)N(CC1=CC=C(c2ccc(C(F)(F)F)cc2)CC1)C1CCN(CC)CC1. The molecule has 2 aromatic rings. The molecule has 1 aromatic carbocycles. The minimum Gasteiger partial charge on any atom is -0.334 e. The number of halogens is 4. The molecule has 4 rings (SSSR count). The van der Waals surface area contributed by atoms with E-state index in [0.717, 1.165) is 61.3 Å². The van der Waals surface area contributed by atoms with Crippen LogP contribution in [0.3, 0.4) is 0 Å². The smallest absolute Gasteiger partial charge is 0.334 e. The summed E-state index contributed by atoms with van der Waals surface area (Å²) < 4.78 is 55.1. The molecule has 260 valence electrons. The zero-order chi connectivity index (χ0) is 35.0. The Morgan fingerprint density at radius 1 is 1.12 bits per heavy atom. The molecule has 1 unspecified atom stereocenters. The standard InChI is InChI=1S/C36H45F4N5O2S/c1-6-9-31(37)24(4)23-48-35-41-33(46)32(7-2)42-45(35)25(5)34(47)44(30-18-20-43(8-3)21-19-30)22-26-10-12-27(13-11-26)28-14-16-29(17-15-28)36(38,39)40/h6,9-10,12,14-17,25,30H,7-8,11,13,18-23H2,1-5H3/b9-6-,31-24-. The van der Waals surface area contributed by atoms with Crippen molar-refractivity contribution in [3.05, 3.63) is 92.7 Å². The molecule has 1 aliphatic heterocycles. The average molecular weight is 688 g/mol. The van der Waals surface area contributed by atoms with Gasteiger partial charge in [0, 0.05) is 31.4 Å². The summed E-state index contributed by atoms with van der Waals surface area (Å²) in [7, 11) is 0. The molecule has 0 spiro atoms. The van der Waals surface area contributed by atoms with Gasteiger partial charge in [0.15, 0.2) is 5.16 Å². The number of aryl methyl sites for hydroxylation is 1. The first-order valence-corrected chi connectivity index (χ1v) is 17.5. The molecule has 1 aromatic heterocycles. The van der Waals surface area contributed by atoms with Crippen LogP contribution < -0.4 is 5.56 Å². The Labute approximate surface area is 284 Å². The normalized spacial score (nSPS) is 17.6. The van der Waals surface area contributed by atoms with E-state index in [1.807, 2.05) is 24.0 Å². The van der Waals surface area contributed by atoms with E-state index in [2.05, 4.69) is 21.9 Å². The Hall–Kier alpha value is -3.51. The number of piperidine rings is 1. The summed E-state index contributed by atoms with van der Waals surface area (Å²) >= 11 is 1.17. The number of alkyl halides is 3. The number of nitrogens with zero attached hydrogens (tertiary/aromatic N) is 5. The lowest BCUT2D eigenvalue weighted by Crippen LogP contribution is -2.50. The first-order chi connectivity index (χ1) is 22.9. The van der Waals surface area contributed by atoms with Crippen LogP contribution in [-0.2, 0) is 17.4 Å². The van der Waals surface area contributed by atoms with Gasteiger partial charge in [0.2, 0.25) is 5.91 Å². The van der Waals surface area contributed by atoms with E-state index in [-0.39, 0.29) is 34.4 Å². The van der Waals surface area contributed by atoms with Gasteiger partial charge in [-0.1, -0.05) is 61.5 Å². The molecule has 1 fully saturated rings. The van der Waals surface area contributed by atoms with Crippen LogP contribution in [0, 0.1) is 0 Å². The Morgan fingerprint density at radius 3 is 2.38 bits per heavy atom. The highest BCUT2D eigenvalue weighted by molar-refractivity contribution is 7.99. The third kappa shape index (κ3) is 9.34. The molecule has 0 bridgehead atoms. The Balaban J connectivity index is 1.62. The van der Waals surface area contributed by atoms with Crippen molar-refractivity contribution < 1.29 is 22.4 Å². The largest absolute Gasteiger partial charge is 0.416 e. The third-order valence-electron chi connectivity index (χ3n) is 8.99. The van der Waals surface area contributed by atoms with Gasteiger partial charge >= 0.3 is 6.18 Å². The molecule has 2 heterocycles. The Bertz CT molecular complexity index is 1620. The number of hydrogen-bond donors (Lipinski definition) is 0. The van der Waals surface area contributed by atoms with Gasteiger partial charge in [-0.3, -0.25) is 9.59 Å². The van der Waals surface area contributed by atoms with E-state index in [9.17, 15) is 27.2 Å². The predicted octanol–water partition coefficient (Wildman–Crippen LogP) is 7.81. The lowest BCUT2D eigenvalue weighted by Gasteiger charge is -2.40. The van der Waals surface area contributed by atoms with Crippen LogP contribution in [0.4, 0.5) is 17.6 Å². The molecule has 1 aliphatic carbocycles. The zero-order valence-corrected chi connectivity index (χ0v) is 29.1. The molecule has 1 saturated heterocycles. The first-order valence-electron chi connectivity index (χ1n) is 16.6. The maximum Gasteiger partial charge on any atom is 0.416 e. The third-order valence-corrected chi connectivity index (χ3v) is 10.1. The lowest BCUT2D eigenvalue weighted by molar-refractivity contribution is -0.138. The van der Waals surface area contributed by atoms with Gasteiger partial charge in [-0.2, -0.15) is 23.3 Å². The molecule has 0 radical (unpaired) electrons. The fourth-order valence-electron chi connectivity index (χ4n) is 5.94. The van der Waals surface area contributed by atoms with Crippen molar-refractivity contribution in [2.45, 2.75) is 90.1 Å². The van der Waals surface area contributed by atoms with Crippen molar-refractivity contribution in [3.63, 3.8) is 0 Å². The highest BCUT2D eigenvalue weighted by atomic mass is 32.2. The molecular formula is C36H45F4N5O2S. The molecular weight excluding hydrogens is 642 g/mol. The summed E-state index contributed by atoms with van der Waals surface area (Å²) in [5, 5.41) is 4.84. The average Bonchev–Trinajstić information content (AvgIpc) is 3.09. The van der Waals surface area contributed by atoms with Crippen LogP contribution in [0.15, 0.2) is 75.5 Å². The van der Waals surface area contributed by atoms with Crippen LogP contribution >= 0.6 is 11.8 Å². The van der Waals surface area contributed by atoms with Gasteiger partial charge < -0.3 is 9.80 Å². The Morgan fingerprint density at radius 2 is 1.81 bits per heavy atom. The van der Waals surface area contributed by atoms with E-state index < -0.39 is 23.3 Å². The summed E-state index contributed by atoms with van der Waals surface area (Å²) in [6, 6.07) is 4.44. The lowest BCUT2D eigenvalue weighted by atomic mass is 9.92. The molecule has 48 heavy (non-hydrogen) atoms. The summed E-state index contributed by atoms with van der Waals surface area (Å²) in [6.07, 6.45) is 5.83. The van der Waals surface area contributed by atoms with Gasteiger partial charge in [0.1, 0.15) is 17.6 Å². The molecule has 2 aliphatic rings. The highest BCUT2D eigenvalue weighted by Gasteiger charge is 2.33. The Kier molecular flexibility index (Phi) is 13.0. The second-order valence-corrected chi connectivity index (χ2v) is 13.2. The van der Waals surface area contributed by atoms with Gasteiger partial charge in [-0.25, -0.2) is 9.07 Å². The van der Waals surface area contributed by atoms with E-state index >= 15 is 0 Å². The number of aromatic nitrogens is 3. The van der Waals surface area contributed by atoms with E-state index in [1.165, 1.54) is 34.7 Å². The summed E-state index contributed by atoms with van der Waals surface area (Å²) in [5.74, 6) is -0.268. The molecule has 7 nitrogen and oxygen atoms in total. The zero-order valence-electron chi connectivity index (χ0n) is 28.3. The van der Waals surface area contributed by atoms with E-state index in [1.54, 1.807) is 26.8 Å².